The summed E-state index contributed by atoms with van der Waals surface area (Å²) in [5.74, 6) is -0.461. The number of para-hydroxylation sites is 2. The first-order valence-corrected chi connectivity index (χ1v) is 5.96. The Labute approximate surface area is 111 Å². The van der Waals surface area contributed by atoms with E-state index in [1.54, 1.807) is 7.11 Å². The van der Waals surface area contributed by atoms with Gasteiger partial charge in [0.2, 0.25) is 0 Å². The summed E-state index contributed by atoms with van der Waals surface area (Å²) in [6.07, 6.45) is 0. The molecule has 0 radical (unpaired) electrons. The Kier molecular flexibility index (Phi) is 4.00. The maximum Gasteiger partial charge on any atom is 0.141 e. The van der Waals surface area contributed by atoms with Crippen LogP contribution in [0.2, 0.25) is 0 Å². The highest BCUT2D eigenvalue weighted by Gasteiger charge is 2.13. The number of hydrogen-bond donors (Lipinski definition) is 1. The summed E-state index contributed by atoms with van der Waals surface area (Å²) in [5, 5.41) is 3.15. The van der Waals surface area contributed by atoms with Crippen LogP contribution in [0.5, 0.6) is 5.75 Å². The number of hydrogen-bond acceptors (Lipinski definition) is 2. The normalized spacial score (nSPS) is 12.0. The van der Waals surface area contributed by atoms with E-state index in [1.807, 2.05) is 31.2 Å². The van der Waals surface area contributed by atoms with Crippen molar-refractivity contribution in [3.63, 3.8) is 0 Å². The number of anilines is 1. The molecule has 2 nitrogen and oxygen atoms in total. The molecule has 0 aliphatic carbocycles. The van der Waals surface area contributed by atoms with Crippen molar-refractivity contribution >= 4 is 5.69 Å². The van der Waals surface area contributed by atoms with E-state index < -0.39 is 11.6 Å². The van der Waals surface area contributed by atoms with Crippen molar-refractivity contribution < 1.29 is 13.5 Å². The minimum absolute atomic E-state index is 0.295. The van der Waals surface area contributed by atoms with Crippen molar-refractivity contribution in [2.24, 2.45) is 0 Å². The predicted molar refractivity (Wildman–Crippen MR) is 71.4 cm³/mol. The zero-order valence-corrected chi connectivity index (χ0v) is 10.8. The lowest BCUT2D eigenvalue weighted by atomic mass is 10.1. The molecule has 2 rings (SSSR count). The SMILES string of the molecule is COc1ccccc1N[C@H](C)c1ccc(F)cc1F. The van der Waals surface area contributed by atoms with E-state index in [1.165, 1.54) is 12.1 Å². The van der Waals surface area contributed by atoms with Gasteiger partial charge in [0.1, 0.15) is 17.4 Å². The minimum Gasteiger partial charge on any atom is -0.495 e. The second kappa shape index (κ2) is 5.69. The molecule has 0 aromatic heterocycles. The average Bonchev–Trinajstić information content (AvgIpc) is 2.39. The first-order valence-electron chi connectivity index (χ1n) is 5.96. The Morgan fingerprint density at radius 2 is 1.84 bits per heavy atom. The summed E-state index contributed by atoms with van der Waals surface area (Å²) in [4.78, 5) is 0. The van der Waals surface area contributed by atoms with Crippen LogP contribution in [0.15, 0.2) is 42.5 Å². The maximum absolute atomic E-state index is 13.7. The van der Waals surface area contributed by atoms with Gasteiger partial charge in [0.25, 0.3) is 0 Å². The third kappa shape index (κ3) is 3.02. The Balaban J connectivity index is 2.23. The molecule has 0 amide bonds. The van der Waals surface area contributed by atoms with Crippen LogP contribution in [0.25, 0.3) is 0 Å². The van der Waals surface area contributed by atoms with E-state index in [0.29, 0.717) is 11.3 Å². The van der Waals surface area contributed by atoms with Gasteiger partial charge in [-0.1, -0.05) is 18.2 Å². The Morgan fingerprint density at radius 3 is 2.53 bits per heavy atom. The quantitative estimate of drug-likeness (QED) is 0.894. The topological polar surface area (TPSA) is 21.3 Å². The van der Waals surface area contributed by atoms with Crippen molar-refractivity contribution in [2.45, 2.75) is 13.0 Å². The average molecular weight is 263 g/mol. The molecule has 2 aromatic rings. The number of rotatable bonds is 4. The monoisotopic (exact) mass is 263 g/mol. The Bertz CT molecular complexity index is 572. The van der Waals surface area contributed by atoms with Gasteiger partial charge in [0.05, 0.1) is 18.8 Å². The standard InChI is InChI=1S/C15H15F2NO/c1-10(12-8-7-11(16)9-13(12)17)18-14-5-3-4-6-15(14)19-2/h3-10,18H,1-2H3/t10-/m1/s1. The molecule has 100 valence electrons. The third-order valence-electron chi connectivity index (χ3n) is 2.91. The molecule has 0 saturated heterocycles. The van der Waals surface area contributed by atoms with Crippen LogP contribution in [0.1, 0.15) is 18.5 Å². The highest BCUT2D eigenvalue weighted by atomic mass is 19.1. The van der Waals surface area contributed by atoms with Gasteiger partial charge in [0.15, 0.2) is 0 Å². The number of halogens is 2. The van der Waals surface area contributed by atoms with Crippen LogP contribution in [-0.2, 0) is 0 Å². The minimum atomic E-state index is -0.578. The fourth-order valence-electron chi connectivity index (χ4n) is 1.93. The smallest absolute Gasteiger partial charge is 0.141 e. The van der Waals surface area contributed by atoms with E-state index in [4.69, 9.17) is 4.74 Å². The maximum atomic E-state index is 13.7. The van der Waals surface area contributed by atoms with Crippen molar-refractivity contribution in [3.8, 4) is 5.75 Å². The first kappa shape index (κ1) is 13.3. The van der Waals surface area contributed by atoms with Crippen LogP contribution in [0.4, 0.5) is 14.5 Å². The number of nitrogens with one attached hydrogen (secondary N) is 1. The number of ether oxygens (including phenoxy) is 1. The second-order valence-corrected chi connectivity index (χ2v) is 4.23. The molecule has 0 spiro atoms. The van der Waals surface area contributed by atoms with Gasteiger partial charge in [-0.15, -0.1) is 0 Å². The molecular weight excluding hydrogens is 248 g/mol. The van der Waals surface area contributed by atoms with Crippen molar-refractivity contribution in [1.29, 1.82) is 0 Å². The summed E-state index contributed by atoms with van der Waals surface area (Å²) in [7, 11) is 1.57. The molecule has 1 N–H and O–H groups in total. The van der Waals surface area contributed by atoms with Gasteiger partial charge in [-0.2, -0.15) is 0 Å². The largest absolute Gasteiger partial charge is 0.495 e. The highest BCUT2D eigenvalue weighted by molar-refractivity contribution is 5.57. The summed E-state index contributed by atoms with van der Waals surface area (Å²) >= 11 is 0. The number of benzene rings is 2. The van der Waals surface area contributed by atoms with Gasteiger partial charge in [-0.05, 0) is 25.1 Å². The van der Waals surface area contributed by atoms with Crippen molar-refractivity contribution in [2.75, 3.05) is 12.4 Å². The van der Waals surface area contributed by atoms with Crippen LogP contribution < -0.4 is 10.1 Å². The first-order chi connectivity index (χ1) is 9.11. The lowest BCUT2D eigenvalue weighted by molar-refractivity contribution is 0.416. The Morgan fingerprint density at radius 1 is 1.11 bits per heavy atom. The molecule has 0 aliphatic heterocycles. The molecule has 2 aromatic carbocycles. The molecule has 4 heteroatoms. The molecule has 0 fully saturated rings. The van der Waals surface area contributed by atoms with E-state index in [-0.39, 0.29) is 6.04 Å². The van der Waals surface area contributed by atoms with Crippen LogP contribution in [-0.4, -0.2) is 7.11 Å². The van der Waals surface area contributed by atoms with Crippen LogP contribution >= 0.6 is 0 Å². The molecule has 0 unspecified atom stereocenters. The summed E-state index contributed by atoms with van der Waals surface area (Å²) in [6.45, 7) is 1.81. The van der Waals surface area contributed by atoms with Gasteiger partial charge in [-0.25, -0.2) is 8.78 Å². The molecule has 0 saturated carbocycles. The molecule has 0 heterocycles. The zero-order chi connectivity index (χ0) is 13.8. The van der Waals surface area contributed by atoms with Gasteiger partial charge < -0.3 is 10.1 Å². The van der Waals surface area contributed by atoms with E-state index >= 15 is 0 Å². The zero-order valence-electron chi connectivity index (χ0n) is 10.8. The summed E-state index contributed by atoms with van der Waals surface area (Å²) < 4.78 is 31.8. The lowest BCUT2D eigenvalue weighted by Gasteiger charge is -2.18. The van der Waals surface area contributed by atoms with E-state index in [9.17, 15) is 8.78 Å². The third-order valence-corrected chi connectivity index (χ3v) is 2.91. The molecule has 1 atom stereocenters. The van der Waals surface area contributed by atoms with Gasteiger partial charge >= 0.3 is 0 Å². The predicted octanol–water partition coefficient (Wildman–Crippen LogP) is 4.15. The number of methoxy groups -OCH3 is 1. The van der Waals surface area contributed by atoms with E-state index in [0.717, 1.165) is 11.8 Å². The molecule has 0 bridgehead atoms. The van der Waals surface area contributed by atoms with Gasteiger partial charge in [-0.3, -0.25) is 0 Å². The highest BCUT2D eigenvalue weighted by Crippen LogP contribution is 2.28. The Hall–Kier alpha value is -2.10. The fourth-order valence-corrected chi connectivity index (χ4v) is 1.93. The second-order valence-electron chi connectivity index (χ2n) is 4.23. The lowest BCUT2D eigenvalue weighted by Crippen LogP contribution is -2.09. The molecule has 19 heavy (non-hydrogen) atoms. The van der Waals surface area contributed by atoms with Crippen LogP contribution in [0.3, 0.4) is 0 Å². The summed E-state index contributed by atoms with van der Waals surface area (Å²) in [6, 6.07) is 10.7. The fraction of sp³-hybridized carbons (Fsp3) is 0.200. The van der Waals surface area contributed by atoms with Crippen molar-refractivity contribution in [1.82, 2.24) is 0 Å². The van der Waals surface area contributed by atoms with Crippen LogP contribution in [0, 0.1) is 11.6 Å². The molecule has 0 aliphatic rings. The summed E-state index contributed by atoms with van der Waals surface area (Å²) in [5.41, 5.74) is 1.17. The van der Waals surface area contributed by atoms with Gasteiger partial charge in [0, 0.05) is 11.6 Å². The van der Waals surface area contributed by atoms with Crippen molar-refractivity contribution in [3.05, 3.63) is 59.7 Å². The van der Waals surface area contributed by atoms with E-state index in [2.05, 4.69) is 5.32 Å². The molecular formula is C15H15F2NO.